The smallest absolute Gasteiger partial charge is 0.159 e. The van der Waals surface area contributed by atoms with Gasteiger partial charge in [0.25, 0.3) is 0 Å². The van der Waals surface area contributed by atoms with Gasteiger partial charge in [0.2, 0.25) is 0 Å². The van der Waals surface area contributed by atoms with Crippen LogP contribution in [0.4, 0.5) is 0 Å². The highest BCUT2D eigenvalue weighted by Crippen LogP contribution is 2.21. The summed E-state index contributed by atoms with van der Waals surface area (Å²) in [4.78, 5) is 12.2. The van der Waals surface area contributed by atoms with Crippen molar-refractivity contribution in [2.24, 2.45) is 11.8 Å². The molecule has 0 unspecified atom stereocenters. The van der Waals surface area contributed by atoms with Crippen molar-refractivity contribution in [1.29, 1.82) is 0 Å². The van der Waals surface area contributed by atoms with Gasteiger partial charge >= 0.3 is 0 Å². The first-order chi connectivity index (χ1) is 12.8. The topological polar surface area (TPSA) is 59.8 Å². The molecule has 1 atom stereocenters. The zero-order chi connectivity index (χ0) is 20.8. The van der Waals surface area contributed by atoms with Crippen LogP contribution in [0.2, 0.25) is 0 Å². The van der Waals surface area contributed by atoms with E-state index >= 15 is 0 Å². The largest absolute Gasteiger partial charge is 0.314 e. The van der Waals surface area contributed by atoms with Crippen LogP contribution < -0.4 is 5.32 Å². The monoisotopic (exact) mass is 376 g/mol. The molecule has 0 fully saturated rings. The predicted molar refractivity (Wildman–Crippen MR) is 116 cm³/mol. The van der Waals surface area contributed by atoms with Gasteiger partial charge < -0.3 is 5.32 Å². The molecule has 0 aliphatic rings. The first-order valence-corrected chi connectivity index (χ1v) is 9.95. The van der Waals surface area contributed by atoms with Gasteiger partial charge in [-0.05, 0) is 26.3 Å². The summed E-state index contributed by atoms with van der Waals surface area (Å²) in [7, 11) is 1.86. The van der Waals surface area contributed by atoms with Crippen molar-refractivity contribution in [2.45, 2.75) is 67.5 Å². The van der Waals surface area contributed by atoms with Gasteiger partial charge in [0, 0.05) is 13.9 Å². The Labute approximate surface area is 167 Å². The summed E-state index contributed by atoms with van der Waals surface area (Å²) in [6, 6.07) is 10.1. The lowest BCUT2D eigenvalue weighted by atomic mass is 9.94. The molecular weight excluding hydrogens is 336 g/mol. The minimum Gasteiger partial charge on any atom is -0.314 e. The average Bonchev–Trinajstić information content (AvgIpc) is 3.10. The van der Waals surface area contributed by atoms with Gasteiger partial charge in [-0.15, -0.1) is 5.10 Å². The van der Waals surface area contributed by atoms with Gasteiger partial charge in [0.1, 0.15) is 6.04 Å². The fourth-order valence-corrected chi connectivity index (χ4v) is 2.45. The van der Waals surface area contributed by atoms with Crippen molar-refractivity contribution in [3.8, 4) is 0 Å². The predicted octanol–water partition coefficient (Wildman–Crippen LogP) is 5.08. The van der Waals surface area contributed by atoms with E-state index in [4.69, 9.17) is 0 Å². The van der Waals surface area contributed by atoms with Crippen LogP contribution in [-0.2, 0) is 11.3 Å². The van der Waals surface area contributed by atoms with Crippen molar-refractivity contribution < 1.29 is 6.22 Å². The zero-order valence-corrected chi connectivity index (χ0v) is 18.4. The molecule has 0 saturated heterocycles. The maximum atomic E-state index is 12.2. The van der Waals surface area contributed by atoms with E-state index in [1.807, 2.05) is 59.1 Å². The normalized spacial score (nSPS) is 11.3. The number of hydrogen-bond donors (Lipinski definition) is 1. The number of nitrogens with zero attached hydrogens (tertiary/aromatic N) is 3. The van der Waals surface area contributed by atoms with Crippen LogP contribution in [0.1, 0.15) is 66.7 Å². The van der Waals surface area contributed by atoms with Crippen LogP contribution in [-0.4, -0.2) is 27.8 Å². The highest BCUT2D eigenvalue weighted by molar-refractivity contribution is 5.84. The molecule has 1 heterocycles. The molecule has 0 spiro atoms. The molecule has 2 rings (SSSR count). The Hall–Kier alpha value is -2.01. The van der Waals surface area contributed by atoms with Gasteiger partial charge in [-0.3, -0.25) is 4.79 Å². The minimum atomic E-state index is -0.192. The second-order valence-corrected chi connectivity index (χ2v) is 7.08. The van der Waals surface area contributed by atoms with Crippen LogP contribution in [0.5, 0.6) is 0 Å². The summed E-state index contributed by atoms with van der Waals surface area (Å²) in [6.45, 7) is 14.9. The minimum absolute atomic E-state index is 0. The van der Waals surface area contributed by atoms with E-state index in [9.17, 15) is 4.79 Å². The number of benzene rings is 1. The molecule has 0 bridgehead atoms. The number of aromatic nitrogens is 3. The van der Waals surface area contributed by atoms with E-state index in [2.05, 4.69) is 48.5 Å². The number of carbonyl (C=O) groups is 1. The van der Waals surface area contributed by atoms with E-state index in [-0.39, 0.29) is 19.2 Å². The van der Waals surface area contributed by atoms with E-state index < -0.39 is 0 Å². The fourth-order valence-electron chi connectivity index (χ4n) is 2.45. The van der Waals surface area contributed by atoms with Crippen LogP contribution in [0.25, 0.3) is 0 Å². The molecule has 0 saturated carbocycles. The molecule has 1 aromatic heterocycles. The Bertz CT molecular complexity index is 626. The second-order valence-electron chi connectivity index (χ2n) is 7.08. The summed E-state index contributed by atoms with van der Waals surface area (Å²) < 4.78 is 1.72. The molecule has 0 amide bonds. The maximum absolute atomic E-state index is 12.2. The van der Waals surface area contributed by atoms with Crippen molar-refractivity contribution in [3.05, 3.63) is 47.8 Å². The lowest BCUT2D eigenvalue weighted by Crippen LogP contribution is -2.25. The lowest BCUT2D eigenvalue weighted by molar-refractivity contribution is -0.126. The molecule has 5 heteroatoms. The quantitative estimate of drug-likeness (QED) is 0.732. The number of ketones is 1. The Morgan fingerprint density at radius 1 is 1.15 bits per heavy atom. The van der Waals surface area contributed by atoms with Crippen LogP contribution in [0, 0.1) is 18.8 Å². The van der Waals surface area contributed by atoms with E-state index in [1.165, 1.54) is 5.56 Å². The van der Waals surface area contributed by atoms with Gasteiger partial charge in [-0.2, -0.15) is 0 Å². The molecule has 1 aromatic carbocycles. The maximum Gasteiger partial charge on any atom is 0.159 e. The number of aryl methyl sites for hydroxylation is 1. The number of rotatable bonds is 7. The molecule has 27 heavy (non-hydrogen) atoms. The highest BCUT2D eigenvalue weighted by Gasteiger charge is 2.25. The van der Waals surface area contributed by atoms with Crippen molar-refractivity contribution in [1.82, 2.24) is 20.3 Å². The highest BCUT2D eigenvalue weighted by atomic mass is 16.1. The van der Waals surface area contributed by atoms with Crippen LogP contribution >= 0.6 is 0 Å². The van der Waals surface area contributed by atoms with Crippen molar-refractivity contribution >= 4 is 5.78 Å². The first kappa shape index (κ1) is 25.0. The number of Topliss-reactive ketones (excluding diaryl/α,β-unsaturated/α-hetero) is 1. The zero-order valence-electron chi connectivity index (χ0n) is 18.4. The van der Waals surface area contributed by atoms with E-state index in [0.29, 0.717) is 12.5 Å². The first-order valence-electron chi connectivity index (χ1n) is 9.95. The third kappa shape index (κ3) is 10.0. The standard InChI is InChI=1S/C13H24N4O.C7H8.C2H6.H2/c1-9(2)6-12(13(18)10(3)4)17-8-11(7-14-5)15-16-17;1-7-5-3-2-4-6-7;1-2;/h8-10,12,14H,6-7H2,1-5H3;2-6H,1H3;1-2H3;1H/t12-;;;/m0.../s1. The third-order valence-corrected chi connectivity index (χ3v) is 3.77. The average molecular weight is 377 g/mol. The Balaban J connectivity index is 0. The molecule has 1 N–H and O–H groups in total. The molecule has 0 radical (unpaired) electrons. The second kappa shape index (κ2) is 14.1. The van der Waals surface area contributed by atoms with Crippen LogP contribution in [0.15, 0.2) is 36.5 Å². The summed E-state index contributed by atoms with van der Waals surface area (Å²) in [5.41, 5.74) is 2.19. The third-order valence-electron chi connectivity index (χ3n) is 3.77. The van der Waals surface area contributed by atoms with Crippen LogP contribution in [0.3, 0.4) is 0 Å². The van der Waals surface area contributed by atoms with Gasteiger partial charge in [0.15, 0.2) is 5.78 Å². The van der Waals surface area contributed by atoms with Crippen molar-refractivity contribution in [2.75, 3.05) is 7.05 Å². The van der Waals surface area contributed by atoms with Gasteiger partial charge in [-0.25, -0.2) is 4.68 Å². The SMILES string of the molecule is CC.CNCc1cn([C@@H](CC(C)C)C(=O)C(C)C)nn1.Cc1ccccc1.[HH]. The van der Waals surface area contributed by atoms with E-state index in [1.54, 1.807) is 4.68 Å². The van der Waals surface area contributed by atoms with E-state index in [0.717, 1.165) is 12.1 Å². The molecule has 2 aromatic rings. The molecular formula is C22H40N4O. The lowest BCUT2D eigenvalue weighted by Gasteiger charge is -2.19. The van der Waals surface area contributed by atoms with Gasteiger partial charge in [0.05, 0.1) is 11.9 Å². The summed E-state index contributed by atoms with van der Waals surface area (Å²) in [5.74, 6) is 0.699. The Morgan fingerprint density at radius 2 is 1.74 bits per heavy atom. The summed E-state index contributed by atoms with van der Waals surface area (Å²) >= 11 is 0. The summed E-state index contributed by atoms with van der Waals surface area (Å²) in [6.07, 6.45) is 2.67. The molecule has 0 aliphatic heterocycles. The Kier molecular flexibility index (Phi) is 13.0. The van der Waals surface area contributed by atoms with Crippen molar-refractivity contribution in [3.63, 3.8) is 0 Å². The molecule has 5 nitrogen and oxygen atoms in total. The summed E-state index contributed by atoms with van der Waals surface area (Å²) in [5, 5.41) is 11.2. The van der Waals surface area contributed by atoms with Gasteiger partial charge in [-0.1, -0.05) is 82.7 Å². The number of hydrogen-bond acceptors (Lipinski definition) is 4. The number of nitrogens with one attached hydrogen (secondary N) is 1. The fraction of sp³-hybridized carbons (Fsp3) is 0.591. The molecule has 0 aliphatic carbocycles. The molecule has 154 valence electrons. The number of carbonyl (C=O) groups excluding carboxylic acids is 1. The Morgan fingerprint density at radius 3 is 2.15 bits per heavy atom.